The molecule has 18 heavy (non-hydrogen) atoms. The van der Waals surface area contributed by atoms with Crippen molar-refractivity contribution < 1.29 is 9.15 Å². The monoisotopic (exact) mass is 248 g/mol. The van der Waals surface area contributed by atoms with E-state index in [9.17, 15) is 0 Å². The standard InChI is InChI=1S/C12H16N4O2/c1-3-11-15-16-12(18-11)8-17-10-5-4-9(6-13-2)14-7-10/h4-5,7,13H,3,6,8H2,1-2H3. The molecule has 0 amide bonds. The molecule has 0 aliphatic rings. The fraction of sp³-hybridized carbons (Fsp3) is 0.417. The summed E-state index contributed by atoms with van der Waals surface area (Å²) in [5.74, 6) is 1.79. The van der Waals surface area contributed by atoms with Gasteiger partial charge < -0.3 is 14.5 Å². The molecule has 2 aromatic rings. The maximum absolute atomic E-state index is 5.50. The highest BCUT2D eigenvalue weighted by molar-refractivity contribution is 5.19. The van der Waals surface area contributed by atoms with Crippen LogP contribution in [0.5, 0.6) is 5.75 Å². The Morgan fingerprint density at radius 2 is 2.11 bits per heavy atom. The van der Waals surface area contributed by atoms with Gasteiger partial charge in [0.05, 0.1) is 11.9 Å². The predicted octanol–water partition coefficient (Wildman–Crippen LogP) is 1.33. The molecule has 0 aromatic carbocycles. The topological polar surface area (TPSA) is 73.1 Å². The maximum Gasteiger partial charge on any atom is 0.253 e. The smallest absolute Gasteiger partial charge is 0.253 e. The van der Waals surface area contributed by atoms with Crippen LogP contribution in [0.25, 0.3) is 0 Å². The third-order valence-electron chi connectivity index (χ3n) is 2.33. The largest absolute Gasteiger partial charge is 0.482 e. The van der Waals surface area contributed by atoms with Crippen molar-refractivity contribution in [3.8, 4) is 5.75 Å². The van der Waals surface area contributed by atoms with Crippen LogP contribution in [-0.2, 0) is 19.6 Å². The van der Waals surface area contributed by atoms with Gasteiger partial charge in [0, 0.05) is 13.0 Å². The Balaban J connectivity index is 1.89. The Morgan fingerprint density at radius 1 is 1.28 bits per heavy atom. The van der Waals surface area contributed by atoms with E-state index >= 15 is 0 Å². The molecule has 96 valence electrons. The van der Waals surface area contributed by atoms with Gasteiger partial charge in [0.2, 0.25) is 5.89 Å². The Bertz CT molecular complexity index is 481. The third kappa shape index (κ3) is 3.27. The van der Waals surface area contributed by atoms with Gasteiger partial charge in [-0.05, 0) is 19.2 Å². The van der Waals surface area contributed by atoms with Crippen molar-refractivity contribution in [3.05, 3.63) is 35.8 Å². The summed E-state index contributed by atoms with van der Waals surface area (Å²) in [6, 6.07) is 3.79. The minimum Gasteiger partial charge on any atom is -0.482 e. The molecule has 2 heterocycles. The van der Waals surface area contributed by atoms with Crippen molar-refractivity contribution in [2.24, 2.45) is 0 Å². The zero-order chi connectivity index (χ0) is 12.8. The number of hydrogen-bond donors (Lipinski definition) is 1. The van der Waals surface area contributed by atoms with Crippen LogP contribution in [0, 0.1) is 0 Å². The number of nitrogens with zero attached hydrogens (tertiary/aromatic N) is 3. The number of rotatable bonds is 6. The second kappa shape index (κ2) is 6.11. The molecule has 0 radical (unpaired) electrons. The Kier molecular flexibility index (Phi) is 4.25. The normalized spacial score (nSPS) is 10.6. The number of ether oxygens (including phenoxy) is 1. The van der Waals surface area contributed by atoms with Crippen LogP contribution < -0.4 is 10.1 Å². The van der Waals surface area contributed by atoms with E-state index in [-0.39, 0.29) is 6.61 Å². The molecular formula is C12H16N4O2. The average molecular weight is 248 g/mol. The van der Waals surface area contributed by atoms with Gasteiger partial charge in [0.25, 0.3) is 5.89 Å². The summed E-state index contributed by atoms with van der Waals surface area (Å²) in [5, 5.41) is 10.8. The lowest BCUT2D eigenvalue weighted by molar-refractivity contribution is 0.258. The number of aromatic nitrogens is 3. The second-order valence-corrected chi connectivity index (χ2v) is 3.75. The molecule has 6 heteroatoms. The maximum atomic E-state index is 5.50. The van der Waals surface area contributed by atoms with Gasteiger partial charge in [0.15, 0.2) is 6.61 Å². The highest BCUT2D eigenvalue weighted by Gasteiger charge is 2.05. The van der Waals surface area contributed by atoms with E-state index in [4.69, 9.17) is 9.15 Å². The Labute approximate surface area is 105 Å². The molecule has 0 bridgehead atoms. The van der Waals surface area contributed by atoms with Gasteiger partial charge in [-0.2, -0.15) is 0 Å². The fourth-order valence-electron chi connectivity index (χ4n) is 1.42. The van der Waals surface area contributed by atoms with Crippen molar-refractivity contribution in [1.82, 2.24) is 20.5 Å². The SMILES string of the molecule is CCc1nnc(COc2ccc(CNC)nc2)o1. The highest BCUT2D eigenvalue weighted by Crippen LogP contribution is 2.11. The van der Waals surface area contributed by atoms with Crippen molar-refractivity contribution in [3.63, 3.8) is 0 Å². The van der Waals surface area contributed by atoms with Gasteiger partial charge in [-0.15, -0.1) is 10.2 Å². The molecule has 0 spiro atoms. The van der Waals surface area contributed by atoms with Gasteiger partial charge >= 0.3 is 0 Å². The fourth-order valence-corrected chi connectivity index (χ4v) is 1.42. The lowest BCUT2D eigenvalue weighted by Crippen LogP contribution is -2.06. The van der Waals surface area contributed by atoms with E-state index in [1.807, 2.05) is 26.1 Å². The van der Waals surface area contributed by atoms with E-state index in [1.165, 1.54) is 0 Å². The number of pyridine rings is 1. The van der Waals surface area contributed by atoms with Crippen LogP contribution >= 0.6 is 0 Å². The molecule has 2 aromatic heterocycles. The lowest BCUT2D eigenvalue weighted by atomic mass is 10.3. The second-order valence-electron chi connectivity index (χ2n) is 3.75. The van der Waals surface area contributed by atoms with Gasteiger partial charge in [-0.1, -0.05) is 6.92 Å². The van der Waals surface area contributed by atoms with Crippen molar-refractivity contribution >= 4 is 0 Å². The minimum absolute atomic E-state index is 0.264. The van der Waals surface area contributed by atoms with Crippen molar-refractivity contribution in [2.75, 3.05) is 7.05 Å². The predicted molar refractivity (Wildman–Crippen MR) is 65.0 cm³/mol. The molecular weight excluding hydrogens is 232 g/mol. The number of aryl methyl sites for hydroxylation is 1. The van der Waals surface area contributed by atoms with E-state index in [2.05, 4.69) is 20.5 Å². The third-order valence-corrected chi connectivity index (χ3v) is 2.33. The first kappa shape index (κ1) is 12.5. The summed E-state index contributed by atoms with van der Waals surface area (Å²) in [5.41, 5.74) is 0.968. The summed E-state index contributed by atoms with van der Waals surface area (Å²) in [6.07, 6.45) is 2.41. The quantitative estimate of drug-likeness (QED) is 0.831. The first-order valence-electron chi connectivity index (χ1n) is 5.85. The molecule has 6 nitrogen and oxygen atoms in total. The summed E-state index contributed by atoms with van der Waals surface area (Å²) in [7, 11) is 1.88. The molecule has 0 saturated heterocycles. The average Bonchev–Trinajstić information content (AvgIpc) is 2.86. The Morgan fingerprint density at radius 3 is 2.72 bits per heavy atom. The highest BCUT2D eigenvalue weighted by atomic mass is 16.5. The first-order chi connectivity index (χ1) is 8.81. The van der Waals surface area contributed by atoms with Crippen molar-refractivity contribution in [1.29, 1.82) is 0 Å². The van der Waals surface area contributed by atoms with Crippen LogP contribution in [0.4, 0.5) is 0 Å². The van der Waals surface area contributed by atoms with E-state index in [1.54, 1.807) is 6.20 Å². The summed E-state index contributed by atoms with van der Waals surface area (Å²) in [6.45, 7) is 2.96. The zero-order valence-electron chi connectivity index (χ0n) is 10.5. The lowest BCUT2D eigenvalue weighted by Gasteiger charge is -2.04. The molecule has 0 saturated carbocycles. The van der Waals surface area contributed by atoms with E-state index in [0.717, 1.165) is 18.7 Å². The molecule has 0 aliphatic heterocycles. The molecule has 0 fully saturated rings. The van der Waals surface area contributed by atoms with Gasteiger partial charge in [-0.3, -0.25) is 4.98 Å². The van der Waals surface area contributed by atoms with Crippen LogP contribution in [0.3, 0.4) is 0 Å². The van der Waals surface area contributed by atoms with E-state index < -0.39 is 0 Å². The number of hydrogen-bond acceptors (Lipinski definition) is 6. The van der Waals surface area contributed by atoms with Gasteiger partial charge in [-0.25, -0.2) is 0 Å². The van der Waals surface area contributed by atoms with Crippen LogP contribution in [0.1, 0.15) is 24.4 Å². The van der Waals surface area contributed by atoms with Gasteiger partial charge in [0.1, 0.15) is 5.75 Å². The first-order valence-corrected chi connectivity index (χ1v) is 5.85. The van der Waals surface area contributed by atoms with Crippen LogP contribution in [0.2, 0.25) is 0 Å². The van der Waals surface area contributed by atoms with Crippen LogP contribution in [-0.4, -0.2) is 22.2 Å². The summed E-state index contributed by atoms with van der Waals surface area (Å²) >= 11 is 0. The molecule has 0 unspecified atom stereocenters. The molecule has 0 aliphatic carbocycles. The summed E-state index contributed by atoms with van der Waals surface area (Å²) in [4.78, 5) is 4.25. The molecule has 1 N–H and O–H groups in total. The molecule has 0 atom stereocenters. The molecule has 2 rings (SSSR count). The zero-order valence-corrected chi connectivity index (χ0v) is 10.5. The Hall–Kier alpha value is -1.95. The van der Waals surface area contributed by atoms with Crippen LogP contribution in [0.15, 0.2) is 22.7 Å². The number of nitrogens with one attached hydrogen (secondary N) is 1. The minimum atomic E-state index is 0.264. The van der Waals surface area contributed by atoms with Crippen molar-refractivity contribution in [2.45, 2.75) is 26.5 Å². The summed E-state index contributed by atoms with van der Waals surface area (Å²) < 4.78 is 10.8. The van der Waals surface area contributed by atoms with E-state index in [0.29, 0.717) is 17.5 Å².